The van der Waals surface area contributed by atoms with E-state index in [9.17, 15) is 8.42 Å². The Morgan fingerprint density at radius 3 is 2.17 bits per heavy atom. The Balaban J connectivity index is 4.17. The van der Waals surface area contributed by atoms with Crippen LogP contribution >= 0.6 is 0 Å². The van der Waals surface area contributed by atoms with Crippen molar-refractivity contribution in [1.82, 2.24) is 9.03 Å². The van der Waals surface area contributed by atoms with E-state index in [1.165, 1.54) is 4.31 Å². The molecule has 0 aliphatic carbocycles. The quantitative estimate of drug-likeness (QED) is 0.578. The number of hydrogen-bond donors (Lipinski definition) is 2. The number of nitrogens with one attached hydrogen (secondary N) is 1. The maximum atomic E-state index is 11.3. The third-order valence-electron chi connectivity index (χ3n) is 1.47. The molecule has 0 fully saturated rings. The van der Waals surface area contributed by atoms with E-state index in [1.807, 2.05) is 0 Å². The molecule has 0 spiro atoms. The summed E-state index contributed by atoms with van der Waals surface area (Å²) in [5.74, 6) is 0. The van der Waals surface area contributed by atoms with Crippen molar-refractivity contribution in [2.24, 2.45) is 5.73 Å². The Hall–Kier alpha value is -0.170. The van der Waals surface area contributed by atoms with Crippen LogP contribution in [0.3, 0.4) is 0 Å². The van der Waals surface area contributed by atoms with Gasteiger partial charge in [0.05, 0.1) is 0 Å². The first-order valence-corrected chi connectivity index (χ1v) is 5.47. The molecule has 0 bridgehead atoms. The summed E-state index contributed by atoms with van der Waals surface area (Å²) in [6.07, 6.45) is 0. The molecule has 0 aromatic heterocycles. The van der Waals surface area contributed by atoms with Crippen LogP contribution < -0.4 is 10.5 Å². The Bertz CT molecular complexity index is 199. The summed E-state index contributed by atoms with van der Waals surface area (Å²) in [4.78, 5) is 0. The molecule has 6 heteroatoms. The highest BCUT2D eigenvalue weighted by molar-refractivity contribution is 7.87. The molecule has 0 aromatic rings. The van der Waals surface area contributed by atoms with Crippen LogP contribution in [-0.2, 0) is 10.2 Å². The summed E-state index contributed by atoms with van der Waals surface area (Å²) in [7, 11) is -3.28. The predicted octanol–water partition coefficient (Wildman–Crippen LogP) is -0.879. The number of nitrogens with zero attached hydrogens (tertiary/aromatic N) is 1. The lowest BCUT2D eigenvalue weighted by atomic mass is 10.7. The van der Waals surface area contributed by atoms with Gasteiger partial charge in [-0.2, -0.15) is 12.7 Å². The zero-order valence-corrected chi connectivity index (χ0v) is 8.39. The number of nitrogens with two attached hydrogens (primary N) is 1. The predicted molar refractivity (Wildman–Crippen MR) is 48.9 cm³/mol. The average molecular weight is 195 g/mol. The fourth-order valence-corrected chi connectivity index (χ4v) is 2.08. The van der Waals surface area contributed by atoms with Gasteiger partial charge in [-0.25, -0.2) is 4.72 Å². The topological polar surface area (TPSA) is 75.4 Å². The Kier molecular flexibility index (Phi) is 5.39. The van der Waals surface area contributed by atoms with Crippen molar-refractivity contribution in [2.45, 2.75) is 13.8 Å². The first kappa shape index (κ1) is 11.8. The molecule has 0 saturated carbocycles. The minimum atomic E-state index is -3.28. The van der Waals surface area contributed by atoms with Crippen molar-refractivity contribution in [3.63, 3.8) is 0 Å². The summed E-state index contributed by atoms with van der Waals surface area (Å²) in [5, 5.41) is 0. The van der Waals surface area contributed by atoms with Gasteiger partial charge >= 0.3 is 0 Å². The largest absolute Gasteiger partial charge is 0.329 e. The average Bonchev–Trinajstić information content (AvgIpc) is 2.03. The minimum Gasteiger partial charge on any atom is -0.329 e. The zero-order valence-electron chi connectivity index (χ0n) is 7.58. The fourth-order valence-electron chi connectivity index (χ4n) is 0.843. The van der Waals surface area contributed by atoms with Crippen LogP contribution in [0.15, 0.2) is 0 Å². The van der Waals surface area contributed by atoms with Crippen LogP contribution in [-0.4, -0.2) is 38.9 Å². The van der Waals surface area contributed by atoms with E-state index in [4.69, 9.17) is 5.73 Å². The van der Waals surface area contributed by atoms with Crippen LogP contribution in [0.25, 0.3) is 0 Å². The molecule has 0 saturated heterocycles. The van der Waals surface area contributed by atoms with Gasteiger partial charge < -0.3 is 5.73 Å². The van der Waals surface area contributed by atoms with Gasteiger partial charge in [-0.3, -0.25) is 0 Å². The highest BCUT2D eigenvalue weighted by Crippen LogP contribution is 1.94. The van der Waals surface area contributed by atoms with Crippen LogP contribution in [0.1, 0.15) is 13.8 Å². The second-order valence-corrected chi connectivity index (χ2v) is 4.03. The molecular weight excluding hydrogens is 178 g/mol. The molecule has 0 aliphatic heterocycles. The van der Waals surface area contributed by atoms with Gasteiger partial charge in [-0.05, 0) is 0 Å². The SMILES string of the molecule is CCN(CC)S(=O)(=O)NCCN. The summed E-state index contributed by atoms with van der Waals surface area (Å²) >= 11 is 0. The van der Waals surface area contributed by atoms with Crippen molar-refractivity contribution < 1.29 is 8.42 Å². The van der Waals surface area contributed by atoms with E-state index in [0.29, 0.717) is 26.2 Å². The standard InChI is InChI=1S/C6H17N3O2S/c1-3-9(4-2)12(10,11)8-6-5-7/h8H,3-7H2,1-2H3. The van der Waals surface area contributed by atoms with Crippen LogP contribution in [0.5, 0.6) is 0 Å². The highest BCUT2D eigenvalue weighted by Gasteiger charge is 2.16. The van der Waals surface area contributed by atoms with Crippen LogP contribution in [0.4, 0.5) is 0 Å². The van der Waals surface area contributed by atoms with Crippen molar-refractivity contribution in [3.05, 3.63) is 0 Å². The van der Waals surface area contributed by atoms with E-state index >= 15 is 0 Å². The lowest BCUT2D eigenvalue weighted by Crippen LogP contribution is -2.42. The van der Waals surface area contributed by atoms with Crippen molar-refractivity contribution in [3.8, 4) is 0 Å². The molecule has 0 unspecified atom stereocenters. The molecule has 0 heterocycles. The van der Waals surface area contributed by atoms with Gasteiger partial charge in [0.2, 0.25) is 0 Å². The van der Waals surface area contributed by atoms with E-state index in [0.717, 1.165) is 0 Å². The molecule has 74 valence electrons. The molecule has 0 radical (unpaired) electrons. The first-order chi connectivity index (χ1) is 5.58. The Morgan fingerprint density at radius 1 is 1.33 bits per heavy atom. The van der Waals surface area contributed by atoms with Crippen LogP contribution in [0.2, 0.25) is 0 Å². The maximum absolute atomic E-state index is 11.3. The second-order valence-electron chi connectivity index (χ2n) is 2.27. The van der Waals surface area contributed by atoms with Crippen molar-refractivity contribution in [1.29, 1.82) is 0 Å². The molecule has 3 N–H and O–H groups in total. The summed E-state index contributed by atoms with van der Waals surface area (Å²) in [6, 6.07) is 0. The maximum Gasteiger partial charge on any atom is 0.279 e. The van der Waals surface area contributed by atoms with Gasteiger partial charge in [0.1, 0.15) is 0 Å². The van der Waals surface area contributed by atoms with Crippen LogP contribution in [0, 0.1) is 0 Å². The zero-order chi connectivity index (χ0) is 9.61. The first-order valence-electron chi connectivity index (χ1n) is 4.03. The normalized spacial score (nSPS) is 12.3. The molecule has 0 atom stereocenters. The molecule has 0 aromatic carbocycles. The second kappa shape index (κ2) is 5.47. The molecule has 5 nitrogen and oxygen atoms in total. The van der Waals surface area contributed by atoms with E-state index in [2.05, 4.69) is 4.72 Å². The minimum absolute atomic E-state index is 0.291. The van der Waals surface area contributed by atoms with Crippen molar-refractivity contribution in [2.75, 3.05) is 26.2 Å². The Labute approximate surface area is 74.1 Å². The molecule has 0 aliphatic rings. The van der Waals surface area contributed by atoms with E-state index in [-0.39, 0.29) is 0 Å². The fraction of sp³-hybridized carbons (Fsp3) is 1.00. The van der Waals surface area contributed by atoms with E-state index in [1.54, 1.807) is 13.8 Å². The van der Waals surface area contributed by atoms with Gasteiger partial charge in [0.25, 0.3) is 10.2 Å². The molecular formula is C6H17N3O2S. The van der Waals surface area contributed by atoms with Crippen molar-refractivity contribution >= 4 is 10.2 Å². The van der Waals surface area contributed by atoms with Gasteiger partial charge in [-0.1, -0.05) is 13.8 Å². The lowest BCUT2D eigenvalue weighted by molar-refractivity contribution is 0.435. The molecule has 0 amide bonds. The number of rotatable bonds is 6. The Morgan fingerprint density at radius 2 is 1.83 bits per heavy atom. The summed E-state index contributed by atoms with van der Waals surface area (Å²) < 4.78 is 26.4. The van der Waals surface area contributed by atoms with Gasteiger partial charge in [0, 0.05) is 26.2 Å². The number of hydrogen-bond acceptors (Lipinski definition) is 3. The third kappa shape index (κ3) is 3.48. The molecule has 0 rings (SSSR count). The smallest absolute Gasteiger partial charge is 0.279 e. The van der Waals surface area contributed by atoms with E-state index < -0.39 is 10.2 Å². The third-order valence-corrected chi connectivity index (χ3v) is 3.24. The lowest BCUT2D eigenvalue weighted by Gasteiger charge is -2.18. The van der Waals surface area contributed by atoms with Gasteiger partial charge in [0.15, 0.2) is 0 Å². The molecule has 12 heavy (non-hydrogen) atoms. The monoisotopic (exact) mass is 195 g/mol. The summed E-state index contributed by atoms with van der Waals surface area (Å²) in [5.41, 5.74) is 5.17. The highest BCUT2D eigenvalue weighted by atomic mass is 32.2. The summed E-state index contributed by atoms with van der Waals surface area (Å²) in [6.45, 7) is 5.17. The van der Waals surface area contributed by atoms with Gasteiger partial charge in [-0.15, -0.1) is 0 Å².